The Hall–Kier alpha value is -7.43. The molecule has 9 aromatic rings. The average molecular weight is 716 g/mol. The number of benzene rings is 7. The zero-order valence-corrected chi connectivity index (χ0v) is 30.3. The molecule has 1 spiro atoms. The molecule has 0 radical (unpaired) electrons. The summed E-state index contributed by atoms with van der Waals surface area (Å²) in [6.07, 6.45) is 3.70. The lowest BCUT2D eigenvalue weighted by Gasteiger charge is -2.40. The van der Waals surface area contributed by atoms with Crippen LogP contribution < -0.4 is 4.74 Å². The van der Waals surface area contributed by atoms with Crippen LogP contribution in [0.25, 0.3) is 67.3 Å². The third-order valence-corrected chi connectivity index (χ3v) is 11.3. The first-order valence-corrected chi connectivity index (χ1v) is 18.9. The van der Waals surface area contributed by atoms with E-state index in [2.05, 4.69) is 169 Å². The molecule has 0 saturated carbocycles. The van der Waals surface area contributed by atoms with Gasteiger partial charge < -0.3 is 4.74 Å². The summed E-state index contributed by atoms with van der Waals surface area (Å²) < 4.78 is 6.87. The molecule has 0 fully saturated rings. The second kappa shape index (κ2) is 12.9. The molecule has 3 heterocycles. The molecule has 262 valence electrons. The summed E-state index contributed by atoms with van der Waals surface area (Å²) >= 11 is 0. The minimum Gasteiger partial charge on any atom is -0.457 e. The molecule has 0 unspecified atom stereocenters. The van der Waals surface area contributed by atoms with E-state index in [0.717, 1.165) is 73.0 Å². The van der Waals surface area contributed by atoms with Crippen molar-refractivity contribution in [1.29, 1.82) is 0 Å². The lowest BCUT2D eigenvalue weighted by molar-refractivity contribution is 0.436. The Labute approximate surface area is 325 Å². The van der Waals surface area contributed by atoms with Gasteiger partial charge >= 0.3 is 0 Å². The van der Waals surface area contributed by atoms with E-state index in [0.29, 0.717) is 5.82 Å². The summed E-state index contributed by atoms with van der Waals surface area (Å²) in [6.45, 7) is 0. The van der Waals surface area contributed by atoms with Crippen LogP contribution in [0.5, 0.6) is 11.5 Å². The number of fused-ring (bicyclic) bond motifs is 9. The van der Waals surface area contributed by atoms with E-state index in [-0.39, 0.29) is 0 Å². The molecule has 2 aromatic heterocycles. The molecule has 56 heavy (non-hydrogen) atoms. The lowest BCUT2D eigenvalue weighted by Crippen LogP contribution is -2.32. The number of rotatable bonds is 5. The molecular formula is C52H33N3O. The quantitative estimate of drug-likeness (QED) is 0.178. The van der Waals surface area contributed by atoms with Gasteiger partial charge in [0, 0.05) is 40.2 Å². The van der Waals surface area contributed by atoms with Gasteiger partial charge in [0.15, 0.2) is 5.82 Å². The van der Waals surface area contributed by atoms with Crippen LogP contribution in [0.15, 0.2) is 200 Å². The predicted molar refractivity (Wildman–Crippen MR) is 224 cm³/mol. The summed E-state index contributed by atoms with van der Waals surface area (Å²) in [5.41, 5.74) is 15.7. The molecule has 0 N–H and O–H groups in total. The van der Waals surface area contributed by atoms with Crippen LogP contribution in [0, 0.1) is 0 Å². The maximum atomic E-state index is 6.87. The number of pyridine rings is 1. The maximum Gasteiger partial charge on any atom is 0.160 e. The molecule has 0 amide bonds. The normalized spacial score (nSPS) is 12.9. The van der Waals surface area contributed by atoms with Crippen molar-refractivity contribution in [3.63, 3.8) is 0 Å². The number of hydrogen-bond donors (Lipinski definition) is 0. The van der Waals surface area contributed by atoms with E-state index in [1.54, 1.807) is 0 Å². The van der Waals surface area contributed by atoms with E-state index in [4.69, 9.17) is 14.7 Å². The molecule has 4 nitrogen and oxygen atoms in total. The van der Waals surface area contributed by atoms with E-state index in [1.807, 2.05) is 36.7 Å². The van der Waals surface area contributed by atoms with Gasteiger partial charge in [-0.1, -0.05) is 133 Å². The van der Waals surface area contributed by atoms with Crippen molar-refractivity contribution in [2.24, 2.45) is 0 Å². The number of aromatic nitrogens is 3. The molecule has 11 rings (SSSR count). The van der Waals surface area contributed by atoms with E-state index < -0.39 is 5.41 Å². The molecule has 1 aliphatic heterocycles. The summed E-state index contributed by atoms with van der Waals surface area (Å²) in [6, 6.07) is 66.4. The Kier molecular flexibility index (Phi) is 7.36. The SMILES string of the molecule is c1ccc(-c2cccc(-c3cc(-c4ccc5c(c4)C4(c6cc(-c7ccncc7)ccc6O5)c5ccccc5-c5ccccc54)nc(-c4ccccc4)n3)c2)cc1. The summed E-state index contributed by atoms with van der Waals surface area (Å²) in [5, 5.41) is 0. The fourth-order valence-electron chi connectivity index (χ4n) is 8.73. The van der Waals surface area contributed by atoms with Gasteiger partial charge in [0.25, 0.3) is 0 Å². The molecule has 1 aliphatic carbocycles. The minimum absolute atomic E-state index is 0.642. The average Bonchev–Trinajstić information content (AvgIpc) is 3.57. The second-order valence-electron chi connectivity index (χ2n) is 14.4. The van der Waals surface area contributed by atoms with Crippen molar-refractivity contribution < 1.29 is 4.74 Å². The van der Waals surface area contributed by atoms with Gasteiger partial charge in [0.1, 0.15) is 11.5 Å². The first-order valence-electron chi connectivity index (χ1n) is 18.9. The summed E-state index contributed by atoms with van der Waals surface area (Å²) in [7, 11) is 0. The van der Waals surface area contributed by atoms with Crippen LogP contribution in [-0.2, 0) is 5.41 Å². The van der Waals surface area contributed by atoms with Gasteiger partial charge in [-0.25, -0.2) is 9.97 Å². The van der Waals surface area contributed by atoms with E-state index in [9.17, 15) is 0 Å². The zero-order chi connectivity index (χ0) is 37.1. The zero-order valence-electron chi connectivity index (χ0n) is 30.3. The fourth-order valence-corrected chi connectivity index (χ4v) is 8.73. The Balaban J connectivity index is 1.15. The Morgan fingerprint density at radius 1 is 0.339 bits per heavy atom. The molecule has 2 aliphatic rings. The van der Waals surface area contributed by atoms with Crippen LogP contribution in [0.2, 0.25) is 0 Å². The van der Waals surface area contributed by atoms with Gasteiger partial charge in [-0.2, -0.15) is 0 Å². The lowest BCUT2D eigenvalue weighted by atomic mass is 9.65. The Morgan fingerprint density at radius 2 is 0.821 bits per heavy atom. The molecule has 7 aromatic carbocycles. The third-order valence-electron chi connectivity index (χ3n) is 11.3. The van der Waals surface area contributed by atoms with Crippen LogP contribution in [-0.4, -0.2) is 15.0 Å². The van der Waals surface area contributed by atoms with Crippen LogP contribution in [0.4, 0.5) is 0 Å². The highest BCUT2D eigenvalue weighted by molar-refractivity contribution is 5.90. The third kappa shape index (κ3) is 5.04. The van der Waals surface area contributed by atoms with E-state index >= 15 is 0 Å². The van der Waals surface area contributed by atoms with Crippen molar-refractivity contribution in [1.82, 2.24) is 15.0 Å². The number of nitrogens with zero attached hydrogens (tertiary/aromatic N) is 3. The highest BCUT2D eigenvalue weighted by Gasteiger charge is 2.51. The molecular weight excluding hydrogens is 683 g/mol. The standard InChI is InChI=1S/C52H33N3O/c1-3-12-34(13-4-1)37-16-11-17-39(30-37)47-33-48(55-51(54-47)36-14-5-2-6-15-36)40-23-25-50-46(32-40)52(43-20-9-7-18-41(43)42-19-8-10-21-44(42)52)45-31-38(22-24-49(45)56-50)35-26-28-53-29-27-35/h1-33H. The van der Waals surface area contributed by atoms with Gasteiger partial charge in [-0.05, 0) is 99.1 Å². The number of hydrogen-bond acceptors (Lipinski definition) is 4. The van der Waals surface area contributed by atoms with Crippen LogP contribution >= 0.6 is 0 Å². The first kappa shape index (κ1) is 32.0. The first-order chi connectivity index (χ1) is 27.7. The van der Waals surface area contributed by atoms with Gasteiger partial charge in [0.05, 0.1) is 16.8 Å². The van der Waals surface area contributed by atoms with Gasteiger partial charge in [-0.15, -0.1) is 0 Å². The minimum atomic E-state index is -0.642. The summed E-state index contributed by atoms with van der Waals surface area (Å²) in [5.74, 6) is 2.36. The van der Waals surface area contributed by atoms with Crippen molar-refractivity contribution in [2.45, 2.75) is 5.41 Å². The van der Waals surface area contributed by atoms with Gasteiger partial charge in [-0.3, -0.25) is 4.98 Å². The second-order valence-corrected chi connectivity index (χ2v) is 14.4. The van der Waals surface area contributed by atoms with E-state index in [1.165, 1.54) is 22.3 Å². The largest absolute Gasteiger partial charge is 0.457 e. The van der Waals surface area contributed by atoms with Crippen molar-refractivity contribution >= 4 is 0 Å². The Morgan fingerprint density at radius 3 is 1.48 bits per heavy atom. The van der Waals surface area contributed by atoms with Crippen molar-refractivity contribution in [2.75, 3.05) is 0 Å². The van der Waals surface area contributed by atoms with Crippen molar-refractivity contribution in [3.8, 4) is 78.8 Å². The van der Waals surface area contributed by atoms with Crippen molar-refractivity contribution in [3.05, 3.63) is 223 Å². The fraction of sp³-hybridized carbons (Fsp3) is 0.0192. The Bertz CT molecular complexity index is 2900. The predicted octanol–water partition coefficient (Wildman–Crippen LogP) is 12.7. The van der Waals surface area contributed by atoms with Crippen LogP contribution in [0.1, 0.15) is 22.3 Å². The number of ether oxygens (including phenoxy) is 1. The van der Waals surface area contributed by atoms with Crippen LogP contribution in [0.3, 0.4) is 0 Å². The monoisotopic (exact) mass is 715 g/mol. The highest BCUT2D eigenvalue weighted by Crippen LogP contribution is 2.62. The maximum absolute atomic E-state index is 6.87. The highest BCUT2D eigenvalue weighted by atomic mass is 16.5. The summed E-state index contributed by atoms with van der Waals surface area (Å²) in [4.78, 5) is 14.7. The smallest absolute Gasteiger partial charge is 0.160 e. The van der Waals surface area contributed by atoms with Gasteiger partial charge in [0.2, 0.25) is 0 Å². The molecule has 4 heteroatoms. The molecule has 0 bridgehead atoms. The topological polar surface area (TPSA) is 47.9 Å². The molecule has 0 saturated heterocycles. The molecule has 0 atom stereocenters.